The van der Waals surface area contributed by atoms with Crippen LogP contribution in [-0.4, -0.2) is 12.3 Å². The molecule has 0 fully saturated rings. The van der Waals surface area contributed by atoms with E-state index in [1.807, 2.05) is 0 Å². The van der Waals surface area contributed by atoms with Gasteiger partial charge in [0.05, 0.1) is 0 Å². The first kappa shape index (κ1) is 14.6. The number of ketones is 1. The van der Waals surface area contributed by atoms with Crippen molar-refractivity contribution in [1.29, 1.82) is 0 Å². The quantitative estimate of drug-likeness (QED) is 0.737. The predicted octanol–water partition coefficient (Wildman–Crippen LogP) is 3.00. The highest BCUT2D eigenvalue weighted by Gasteiger charge is 2.20. The molecule has 0 heterocycles. The molecule has 0 bridgehead atoms. The van der Waals surface area contributed by atoms with Crippen molar-refractivity contribution < 1.29 is 4.79 Å². The lowest BCUT2D eigenvalue weighted by molar-refractivity contribution is -0.124. The van der Waals surface area contributed by atoms with Crippen LogP contribution < -0.4 is 5.73 Å². The van der Waals surface area contributed by atoms with E-state index < -0.39 is 0 Å². The molecule has 0 aliphatic rings. The number of rotatable bonds is 6. The Morgan fingerprint density at radius 3 is 2.13 bits per heavy atom. The number of hydrogen-bond acceptors (Lipinski definition) is 2. The van der Waals surface area contributed by atoms with Gasteiger partial charge in [-0.1, -0.05) is 34.6 Å². The lowest BCUT2D eigenvalue weighted by Gasteiger charge is -2.20. The largest absolute Gasteiger partial charge is 0.330 e. The standard InChI is InChI=1S/C13H27NO/c1-10(2)11(9-14)12(15)7-6-8-13(3,4)5/h10-11H,6-9,14H2,1-5H3/t11-/m1/s1. The summed E-state index contributed by atoms with van der Waals surface area (Å²) in [7, 11) is 0. The second kappa shape index (κ2) is 6.26. The van der Waals surface area contributed by atoms with Gasteiger partial charge < -0.3 is 5.73 Å². The van der Waals surface area contributed by atoms with Crippen LogP contribution in [0, 0.1) is 17.3 Å². The fourth-order valence-electron chi connectivity index (χ4n) is 1.75. The van der Waals surface area contributed by atoms with E-state index in [0.29, 0.717) is 30.1 Å². The number of carbonyl (C=O) groups is 1. The van der Waals surface area contributed by atoms with Crippen LogP contribution in [0.2, 0.25) is 0 Å². The predicted molar refractivity (Wildman–Crippen MR) is 65.7 cm³/mol. The van der Waals surface area contributed by atoms with Crippen molar-refractivity contribution in [2.45, 2.75) is 53.9 Å². The second-order valence-electron chi connectivity index (χ2n) is 5.97. The third-order valence-corrected chi connectivity index (χ3v) is 2.82. The van der Waals surface area contributed by atoms with Gasteiger partial charge in [0, 0.05) is 18.9 Å². The van der Waals surface area contributed by atoms with E-state index in [4.69, 9.17) is 5.73 Å². The van der Waals surface area contributed by atoms with E-state index in [2.05, 4.69) is 34.6 Å². The van der Waals surface area contributed by atoms with Crippen LogP contribution in [0.5, 0.6) is 0 Å². The van der Waals surface area contributed by atoms with Crippen LogP contribution >= 0.6 is 0 Å². The molecule has 2 N–H and O–H groups in total. The van der Waals surface area contributed by atoms with Gasteiger partial charge in [-0.15, -0.1) is 0 Å². The van der Waals surface area contributed by atoms with Crippen molar-refractivity contribution in [1.82, 2.24) is 0 Å². The number of Topliss-reactive ketones (excluding diaryl/α,β-unsaturated/α-hetero) is 1. The van der Waals surface area contributed by atoms with E-state index in [0.717, 1.165) is 12.8 Å². The van der Waals surface area contributed by atoms with Crippen LogP contribution in [0.4, 0.5) is 0 Å². The molecule has 90 valence electrons. The van der Waals surface area contributed by atoms with Crippen LogP contribution in [0.15, 0.2) is 0 Å². The van der Waals surface area contributed by atoms with E-state index in [-0.39, 0.29) is 5.92 Å². The summed E-state index contributed by atoms with van der Waals surface area (Å²) >= 11 is 0. The van der Waals surface area contributed by atoms with Gasteiger partial charge in [0.2, 0.25) is 0 Å². The summed E-state index contributed by atoms with van der Waals surface area (Å²) in [5.41, 5.74) is 5.94. The Balaban J connectivity index is 3.92. The summed E-state index contributed by atoms with van der Waals surface area (Å²) in [6.07, 6.45) is 2.79. The molecule has 1 atom stereocenters. The van der Waals surface area contributed by atoms with Gasteiger partial charge in [-0.2, -0.15) is 0 Å². The average Bonchev–Trinajstić information content (AvgIpc) is 2.01. The maximum Gasteiger partial charge on any atom is 0.137 e. The van der Waals surface area contributed by atoms with E-state index >= 15 is 0 Å². The van der Waals surface area contributed by atoms with Crippen LogP contribution in [0.1, 0.15) is 53.9 Å². The summed E-state index contributed by atoms with van der Waals surface area (Å²) in [4.78, 5) is 11.8. The lowest BCUT2D eigenvalue weighted by Crippen LogP contribution is -2.28. The van der Waals surface area contributed by atoms with Gasteiger partial charge in [-0.3, -0.25) is 4.79 Å². The summed E-state index contributed by atoms with van der Waals surface area (Å²) in [5.74, 6) is 0.777. The molecule has 0 aromatic rings. The van der Waals surface area contributed by atoms with Gasteiger partial charge >= 0.3 is 0 Å². The molecule has 0 aliphatic carbocycles. The van der Waals surface area contributed by atoms with Gasteiger partial charge in [0.25, 0.3) is 0 Å². The second-order valence-corrected chi connectivity index (χ2v) is 5.97. The van der Waals surface area contributed by atoms with Crippen LogP contribution in [-0.2, 0) is 4.79 Å². The van der Waals surface area contributed by atoms with E-state index in [1.165, 1.54) is 0 Å². The van der Waals surface area contributed by atoms with Crippen molar-refractivity contribution in [2.75, 3.05) is 6.54 Å². The first-order valence-electron chi connectivity index (χ1n) is 6.00. The maximum absolute atomic E-state index is 11.8. The van der Waals surface area contributed by atoms with Gasteiger partial charge in [-0.25, -0.2) is 0 Å². The molecule has 0 rings (SSSR count). The zero-order chi connectivity index (χ0) is 12.1. The summed E-state index contributed by atoms with van der Waals surface area (Å²) in [6, 6.07) is 0. The maximum atomic E-state index is 11.8. The summed E-state index contributed by atoms with van der Waals surface area (Å²) in [5, 5.41) is 0. The minimum atomic E-state index is 0.0602. The molecule has 0 aliphatic heterocycles. The zero-order valence-corrected chi connectivity index (χ0v) is 11.0. The fourth-order valence-corrected chi connectivity index (χ4v) is 1.75. The summed E-state index contributed by atoms with van der Waals surface area (Å²) < 4.78 is 0. The first-order valence-corrected chi connectivity index (χ1v) is 6.00. The van der Waals surface area contributed by atoms with E-state index in [1.54, 1.807) is 0 Å². The number of carbonyl (C=O) groups excluding carboxylic acids is 1. The molecule has 0 unspecified atom stereocenters. The third-order valence-electron chi connectivity index (χ3n) is 2.82. The Hall–Kier alpha value is -0.370. The molecule has 0 saturated carbocycles. The Kier molecular flexibility index (Phi) is 6.11. The molecule has 0 aromatic carbocycles. The molecule has 2 nitrogen and oxygen atoms in total. The topological polar surface area (TPSA) is 43.1 Å². The highest BCUT2D eigenvalue weighted by atomic mass is 16.1. The Morgan fingerprint density at radius 2 is 1.80 bits per heavy atom. The number of nitrogens with two attached hydrogens (primary N) is 1. The molecule has 0 saturated heterocycles. The smallest absolute Gasteiger partial charge is 0.137 e. The van der Waals surface area contributed by atoms with Crippen LogP contribution in [0.3, 0.4) is 0 Å². The molecular weight excluding hydrogens is 186 g/mol. The third kappa shape index (κ3) is 6.67. The van der Waals surface area contributed by atoms with Gasteiger partial charge in [-0.05, 0) is 24.2 Å². The van der Waals surface area contributed by atoms with Crippen LogP contribution in [0.25, 0.3) is 0 Å². The Bertz CT molecular complexity index is 191. The molecular formula is C13H27NO. The number of hydrogen-bond donors (Lipinski definition) is 1. The van der Waals surface area contributed by atoms with Crippen molar-refractivity contribution in [3.05, 3.63) is 0 Å². The lowest BCUT2D eigenvalue weighted by atomic mass is 9.85. The minimum absolute atomic E-state index is 0.0602. The molecule has 15 heavy (non-hydrogen) atoms. The monoisotopic (exact) mass is 213 g/mol. The fraction of sp³-hybridized carbons (Fsp3) is 0.923. The SMILES string of the molecule is CC(C)[C@@H](CN)C(=O)CCCC(C)(C)C. The molecule has 0 aromatic heterocycles. The van der Waals surface area contributed by atoms with Crippen molar-refractivity contribution in [3.8, 4) is 0 Å². The first-order chi connectivity index (χ1) is 6.78. The highest BCUT2D eigenvalue weighted by molar-refractivity contribution is 5.81. The normalized spacial score (nSPS) is 14.3. The average molecular weight is 213 g/mol. The molecule has 2 heteroatoms. The minimum Gasteiger partial charge on any atom is -0.330 e. The van der Waals surface area contributed by atoms with Crippen molar-refractivity contribution in [3.63, 3.8) is 0 Å². The Morgan fingerprint density at radius 1 is 1.27 bits per heavy atom. The summed E-state index contributed by atoms with van der Waals surface area (Å²) in [6.45, 7) is 11.3. The molecule has 0 spiro atoms. The van der Waals surface area contributed by atoms with Gasteiger partial charge in [0.1, 0.15) is 5.78 Å². The zero-order valence-electron chi connectivity index (χ0n) is 11.0. The van der Waals surface area contributed by atoms with Crippen molar-refractivity contribution in [2.24, 2.45) is 23.0 Å². The molecule has 0 radical (unpaired) electrons. The Labute approximate surface area is 94.6 Å². The van der Waals surface area contributed by atoms with Crippen molar-refractivity contribution >= 4 is 5.78 Å². The highest BCUT2D eigenvalue weighted by Crippen LogP contribution is 2.23. The molecule has 0 amide bonds. The van der Waals surface area contributed by atoms with E-state index in [9.17, 15) is 4.79 Å². The van der Waals surface area contributed by atoms with Gasteiger partial charge in [0.15, 0.2) is 0 Å².